The molecule has 0 bridgehead atoms. The van der Waals surface area contributed by atoms with E-state index in [1.54, 1.807) is 11.4 Å². The lowest BCUT2D eigenvalue weighted by atomic mass is 9.98. The second kappa shape index (κ2) is 6.70. The van der Waals surface area contributed by atoms with Gasteiger partial charge in [-0.2, -0.15) is 0 Å². The molecule has 2 unspecified atom stereocenters. The summed E-state index contributed by atoms with van der Waals surface area (Å²) in [5.74, 6) is 0.119. The molecule has 2 N–H and O–H groups in total. The van der Waals surface area contributed by atoms with E-state index in [9.17, 15) is 9.59 Å². The van der Waals surface area contributed by atoms with Crippen LogP contribution in [0.2, 0.25) is 0 Å². The molecule has 0 radical (unpaired) electrons. The average molecular weight is 293 g/mol. The predicted molar refractivity (Wildman–Crippen MR) is 79.8 cm³/mol. The van der Waals surface area contributed by atoms with Crippen LogP contribution in [0.15, 0.2) is 17.5 Å². The van der Waals surface area contributed by atoms with Gasteiger partial charge in [0, 0.05) is 12.6 Å². The molecule has 0 aliphatic heterocycles. The van der Waals surface area contributed by atoms with Gasteiger partial charge in [0.2, 0.25) is 0 Å². The lowest BCUT2D eigenvalue weighted by Gasteiger charge is -2.15. The standard InChI is InChI=1S/C15H19NO3S/c1-10-3-2-4-12(10)9-16-15(19)14-11(7-8-20-14)5-6-13(17)18/h5-8,10,12H,2-4,9H2,1H3,(H,16,19)(H,17,18)/b6-5+. The van der Waals surface area contributed by atoms with E-state index >= 15 is 0 Å². The number of aliphatic carboxylic acids is 1. The second-order valence-corrected chi connectivity index (χ2v) is 6.17. The first kappa shape index (κ1) is 14.8. The normalized spacial score (nSPS) is 22.2. The van der Waals surface area contributed by atoms with Gasteiger partial charge in [-0.25, -0.2) is 4.79 Å². The number of hydrogen-bond acceptors (Lipinski definition) is 3. The Labute approximate surface area is 122 Å². The minimum Gasteiger partial charge on any atom is -0.478 e. The fourth-order valence-electron chi connectivity index (χ4n) is 2.63. The van der Waals surface area contributed by atoms with Gasteiger partial charge in [-0.3, -0.25) is 4.79 Å². The first-order chi connectivity index (χ1) is 9.58. The number of hydrogen-bond donors (Lipinski definition) is 2. The first-order valence-corrected chi connectivity index (χ1v) is 7.72. The highest BCUT2D eigenvalue weighted by Gasteiger charge is 2.24. The van der Waals surface area contributed by atoms with Crippen molar-refractivity contribution in [2.24, 2.45) is 11.8 Å². The summed E-state index contributed by atoms with van der Waals surface area (Å²) in [5, 5.41) is 13.4. The second-order valence-electron chi connectivity index (χ2n) is 5.25. The Kier molecular flexibility index (Phi) is 4.95. The molecule has 1 fully saturated rings. The summed E-state index contributed by atoms with van der Waals surface area (Å²) in [6.45, 7) is 2.94. The topological polar surface area (TPSA) is 66.4 Å². The van der Waals surface area contributed by atoms with E-state index in [0.29, 0.717) is 28.8 Å². The van der Waals surface area contributed by atoms with Gasteiger partial charge in [-0.1, -0.05) is 19.8 Å². The fourth-order valence-corrected chi connectivity index (χ4v) is 3.43. The molecule has 1 heterocycles. The summed E-state index contributed by atoms with van der Waals surface area (Å²) in [6, 6.07) is 1.76. The Bertz CT molecular complexity index is 521. The molecule has 1 aliphatic rings. The number of carboxylic acids is 1. The highest BCUT2D eigenvalue weighted by Crippen LogP contribution is 2.30. The highest BCUT2D eigenvalue weighted by molar-refractivity contribution is 7.12. The number of nitrogens with one attached hydrogen (secondary N) is 1. The number of carbonyl (C=O) groups excluding carboxylic acids is 1. The van der Waals surface area contributed by atoms with Crippen LogP contribution in [0.5, 0.6) is 0 Å². The molecule has 20 heavy (non-hydrogen) atoms. The molecule has 2 rings (SSSR count). The zero-order chi connectivity index (χ0) is 14.5. The maximum Gasteiger partial charge on any atom is 0.328 e. The summed E-state index contributed by atoms with van der Waals surface area (Å²) >= 11 is 1.34. The van der Waals surface area contributed by atoms with E-state index in [2.05, 4.69) is 12.2 Å². The molecule has 0 spiro atoms. The minimum atomic E-state index is -1.01. The Hall–Kier alpha value is -1.62. The summed E-state index contributed by atoms with van der Waals surface area (Å²) in [7, 11) is 0. The first-order valence-electron chi connectivity index (χ1n) is 6.84. The Morgan fingerprint density at radius 2 is 2.30 bits per heavy atom. The van der Waals surface area contributed by atoms with Gasteiger partial charge in [0.1, 0.15) is 0 Å². The van der Waals surface area contributed by atoms with Crippen LogP contribution < -0.4 is 5.32 Å². The molecular weight excluding hydrogens is 274 g/mol. The SMILES string of the molecule is CC1CCCC1CNC(=O)c1sccc1/C=C/C(=O)O. The molecule has 1 aromatic heterocycles. The van der Waals surface area contributed by atoms with Gasteiger partial charge in [0.15, 0.2) is 0 Å². The van der Waals surface area contributed by atoms with Crippen molar-refractivity contribution in [3.8, 4) is 0 Å². The third-order valence-corrected chi connectivity index (χ3v) is 4.80. The van der Waals surface area contributed by atoms with Crippen LogP contribution in [0.4, 0.5) is 0 Å². The molecule has 4 nitrogen and oxygen atoms in total. The molecule has 2 atom stereocenters. The summed E-state index contributed by atoms with van der Waals surface area (Å²) < 4.78 is 0. The summed E-state index contributed by atoms with van der Waals surface area (Å²) in [4.78, 5) is 23.3. The van der Waals surface area contributed by atoms with Crippen molar-refractivity contribution in [2.75, 3.05) is 6.54 Å². The van der Waals surface area contributed by atoms with Crippen molar-refractivity contribution in [1.82, 2.24) is 5.32 Å². The van der Waals surface area contributed by atoms with Crippen LogP contribution in [-0.4, -0.2) is 23.5 Å². The van der Waals surface area contributed by atoms with Crippen LogP contribution >= 0.6 is 11.3 Å². The lowest BCUT2D eigenvalue weighted by Crippen LogP contribution is -2.30. The van der Waals surface area contributed by atoms with Crippen molar-refractivity contribution in [1.29, 1.82) is 0 Å². The van der Waals surface area contributed by atoms with Gasteiger partial charge >= 0.3 is 5.97 Å². The summed E-state index contributed by atoms with van der Waals surface area (Å²) in [6.07, 6.45) is 6.18. The molecule has 0 aromatic carbocycles. The molecule has 1 aromatic rings. The van der Waals surface area contributed by atoms with E-state index in [0.717, 1.165) is 6.08 Å². The van der Waals surface area contributed by atoms with E-state index in [4.69, 9.17) is 5.11 Å². The van der Waals surface area contributed by atoms with Crippen molar-refractivity contribution >= 4 is 29.3 Å². The third-order valence-electron chi connectivity index (χ3n) is 3.87. The molecule has 0 saturated heterocycles. The molecule has 5 heteroatoms. The predicted octanol–water partition coefficient (Wildman–Crippen LogP) is 3.01. The lowest BCUT2D eigenvalue weighted by molar-refractivity contribution is -0.131. The van der Waals surface area contributed by atoms with Crippen LogP contribution in [0.25, 0.3) is 6.08 Å². The Balaban J connectivity index is 1.95. The van der Waals surface area contributed by atoms with Crippen molar-refractivity contribution in [3.63, 3.8) is 0 Å². The van der Waals surface area contributed by atoms with E-state index in [1.165, 1.54) is 36.7 Å². The third kappa shape index (κ3) is 3.70. The monoisotopic (exact) mass is 293 g/mol. The van der Waals surface area contributed by atoms with E-state index in [-0.39, 0.29) is 5.91 Å². The Morgan fingerprint density at radius 1 is 1.50 bits per heavy atom. The zero-order valence-corrected chi connectivity index (χ0v) is 12.3. The van der Waals surface area contributed by atoms with E-state index < -0.39 is 5.97 Å². The Morgan fingerprint density at radius 3 is 2.95 bits per heavy atom. The summed E-state index contributed by atoms with van der Waals surface area (Å²) in [5.41, 5.74) is 0.661. The largest absolute Gasteiger partial charge is 0.478 e. The maximum absolute atomic E-state index is 12.2. The maximum atomic E-state index is 12.2. The minimum absolute atomic E-state index is 0.107. The van der Waals surface area contributed by atoms with Crippen molar-refractivity contribution < 1.29 is 14.7 Å². The van der Waals surface area contributed by atoms with Gasteiger partial charge in [0.25, 0.3) is 5.91 Å². The van der Waals surface area contributed by atoms with Gasteiger partial charge in [-0.05, 0) is 41.3 Å². The molecule has 1 saturated carbocycles. The molecule has 1 aliphatic carbocycles. The number of rotatable bonds is 5. The number of amides is 1. The number of carboxylic acid groups (broad SMARTS) is 1. The zero-order valence-electron chi connectivity index (χ0n) is 11.5. The smallest absolute Gasteiger partial charge is 0.328 e. The van der Waals surface area contributed by atoms with Gasteiger partial charge in [-0.15, -0.1) is 11.3 Å². The van der Waals surface area contributed by atoms with E-state index in [1.807, 2.05) is 0 Å². The van der Waals surface area contributed by atoms with Crippen LogP contribution in [0.3, 0.4) is 0 Å². The average Bonchev–Trinajstić information content (AvgIpc) is 3.02. The van der Waals surface area contributed by atoms with Crippen LogP contribution in [-0.2, 0) is 4.79 Å². The quantitative estimate of drug-likeness (QED) is 0.820. The number of thiophene rings is 1. The van der Waals surface area contributed by atoms with Crippen molar-refractivity contribution in [3.05, 3.63) is 28.0 Å². The van der Waals surface area contributed by atoms with Gasteiger partial charge in [0.05, 0.1) is 4.88 Å². The molecule has 1 amide bonds. The number of carbonyl (C=O) groups is 2. The van der Waals surface area contributed by atoms with Crippen LogP contribution in [0, 0.1) is 11.8 Å². The molecular formula is C15H19NO3S. The van der Waals surface area contributed by atoms with Crippen LogP contribution in [0.1, 0.15) is 41.4 Å². The molecule has 108 valence electrons. The van der Waals surface area contributed by atoms with Crippen molar-refractivity contribution in [2.45, 2.75) is 26.2 Å². The highest BCUT2D eigenvalue weighted by atomic mass is 32.1. The van der Waals surface area contributed by atoms with Gasteiger partial charge < -0.3 is 10.4 Å². The fraction of sp³-hybridized carbons (Fsp3) is 0.467.